The highest BCUT2D eigenvalue weighted by Crippen LogP contribution is 2.39. The molecule has 3 aliphatic rings. The van der Waals surface area contributed by atoms with E-state index in [0.29, 0.717) is 19.3 Å². The van der Waals surface area contributed by atoms with Gasteiger partial charge in [0.1, 0.15) is 67.1 Å². The van der Waals surface area contributed by atoms with Crippen LogP contribution in [0.2, 0.25) is 0 Å². The SMILES string of the molecule is CCCCCCCCCCC/C=C\C/C=C\CCCCCCCCCCCCCCCCCCCC(=O)NC(COC1OC(CO)C(OC2OC(CO)C(O)C(OC3(C(=O)O)CC(O)C(NC(C)=O)C(C(O)C(O)CO)O3)C2O)C(O)C1O)C(O)CCCCCCCCCCCCCCCCCCCCCCCCCC. The van der Waals surface area contributed by atoms with E-state index < -0.39 is 148 Å². The molecule has 0 aromatic carbocycles. The number of rotatable bonds is 73. The molecule has 0 aromatic rings. The van der Waals surface area contributed by atoms with E-state index >= 15 is 0 Å². The van der Waals surface area contributed by atoms with Gasteiger partial charge in [-0.1, -0.05) is 340 Å². The molecule has 18 atom stereocenters. The van der Waals surface area contributed by atoms with Crippen LogP contribution < -0.4 is 10.6 Å². The average Bonchev–Trinajstić information content (AvgIpc) is 0.753. The van der Waals surface area contributed by atoms with E-state index in [1.54, 1.807) is 0 Å². The Hall–Kier alpha value is -2.79. The number of allylic oxidation sites excluding steroid dienone is 4. The first-order valence-electron chi connectivity index (χ1n) is 45.2. The van der Waals surface area contributed by atoms with Gasteiger partial charge in [0.25, 0.3) is 5.79 Å². The van der Waals surface area contributed by atoms with E-state index in [2.05, 4.69) is 48.8 Å². The maximum Gasteiger partial charge on any atom is 0.364 e. The number of hydrogen-bond acceptors (Lipinski definition) is 20. The van der Waals surface area contributed by atoms with Crippen molar-refractivity contribution in [2.24, 2.45) is 0 Å². The number of carboxylic acids is 1. The van der Waals surface area contributed by atoms with Crippen LogP contribution in [0.1, 0.15) is 380 Å². The Bertz CT molecular complexity index is 2290. The Kier molecular flexibility index (Phi) is 61.0. The first-order valence-corrected chi connectivity index (χ1v) is 45.2. The molecule has 0 spiro atoms. The lowest BCUT2D eigenvalue weighted by Gasteiger charge is -2.50. The number of hydrogen-bond donors (Lipinski definition) is 14. The third-order valence-corrected chi connectivity index (χ3v) is 22.9. The summed E-state index contributed by atoms with van der Waals surface area (Å²) in [5, 5.41) is 137. The van der Waals surface area contributed by atoms with Gasteiger partial charge >= 0.3 is 5.97 Å². The number of ether oxygens (including phenoxy) is 6. The van der Waals surface area contributed by atoms with Crippen LogP contribution in [0.25, 0.3) is 0 Å². The fourth-order valence-electron chi connectivity index (χ4n) is 15.8. The second kappa shape index (κ2) is 66.2. The Morgan fingerprint density at radius 2 is 0.865 bits per heavy atom. The molecule has 3 heterocycles. The Balaban J connectivity index is 1.45. The number of aliphatic hydroxyl groups excluding tert-OH is 11. The van der Waals surface area contributed by atoms with Crippen LogP contribution in [0.3, 0.4) is 0 Å². The van der Waals surface area contributed by atoms with Gasteiger partial charge in [0.05, 0.1) is 50.7 Å². The van der Waals surface area contributed by atoms with Crippen molar-refractivity contribution in [1.29, 1.82) is 0 Å². The van der Waals surface area contributed by atoms with Gasteiger partial charge in [-0.15, -0.1) is 0 Å². The first kappa shape index (κ1) is 102. The number of carboxylic acid groups (broad SMARTS) is 1. The minimum absolute atomic E-state index is 0.226. The lowest BCUT2D eigenvalue weighted by molar-refractivity contribution is -0.386. The van der Waals surface area contributed by atoms with Crippen LogP contribution >= 0.6 is 0 Å². The molecular weight excluding hydrogens is 1420 g/mol. The lowest BCUT2D eigenvalue weighted by Crippen LogP contribution is -2.70. The lowest BCUT2D eigenvalue weighted by atomic mass is 9.88. The van der Waals surface area contributed by atoms with Crippen LogP contribution in [0.5, 0.6) is 0 Å². The van der Waals surface area contributed by atoms with Crippen LogP contribution in [-0.4, -0.2) is 215 Å². The van der Waals surface area contributed by atoms with E-state index in [1.807, 2.05) is 0 Å². The molecule has 652 valence electrons. The fraction of sp³-hybridized carbons (Fsp3) is 0.920. The van der Waals surface area contributed by atoms with Gasteiger partial charge in [0.15, 0.2) is 12.6 Å². The van der Waals surface area contributed by atoms with Crippen LogP contribution in [-0.2, 0) is 42.8 Å². The molecule has 14 N–H and O–H groups in total. The molecule has 2 amide bonds. The van der Waals surface area contributed by atoms with Crippen molar-refractivity contribution in [3.63, 3.8) is 0 Å². The second-order valence-corrected chi connectivity index (χ2v) is 32.8. The summed E-state index contributed by atoms with van der Waals surface area (Å²) in [5.74, 6) is -6.09. The third-order valence-electron chi connectivity index (χ3n) is 22.9. The predicted octanol–water partition coefficient (Wildman–Crippen LogP) is 14.3. The molecule has 0 radical (unpaired) electrons. The standard InChI is InChI=1S/C88H164N2O21/c1-4-6-8-10-12-14-16-18-20-22-24-26-28-30-31-32-33-34-35-36-37-38-40-42-44-46-48-50-52-54-56-58-60-62-75(98)90-69(70(95)61-59-57-55-53-51-49-47-45-43-41-39-29-27-25-23-21-19-17-15-13-11-9-7-5-2)67-106-85-80(102)79(101)82(74(66-93)108-85)109-86-81(103)84(78(100)73(65-92)107-86)111-88(87(104)105)63-71(96)76(89-68(3)94)83(110-88)77(99)72(97)64-91/h24,26,30-31,69-74,76-86,91-93,95-97,99-103H,4-23,25,27-29,32-67H2,1-3H3,(H,89,94)(H,90,98)(H,104,105)/b26-24-,31-30-. The van der Waals surface area contributed by atoms with E-state index in [-0.39, 0.29) is 18.9 Å². The van der Waals surface area contributed by atoms with Crippen LogP contribution in [0.4, 0.5) is 0 Å². The molecule has 0 aliphatic carbocycles. The summed E-state index contributed by atoms with van der Waals surface area (Å²) >= 11 is 0. The molecule has 0 saturated carbocycles. The topological polar surface area (TPSA) is 373 Å². The van der Waals surface area contributed by atoms with Crippen molar-refractivity contribution < 1.29 is 104 Å². The van der Waals surface area contributed by atoms with E-state index in [1.165, 1.54) is 270 Å². The maximum atomic E-state index is 13.6. The number of aliphatic carboxylic acids is 1. The molecular formula is C88H164N2O21. The zero-order chi connectivity index (χ0) is 81.0. The van der Waals surface area contributed by atoms with E-state index in [4.69, 9.17) is 28.4 Å². The second-order valence-electron chi connectivity index (χ2n) is 32.8. The van der Waals surface area contributed by atoms with Crippen LogP contribution in [0.15, 0.2) is 24.3 Å². The van der Waals surface area contributed by atoms with Gasteiger partial charge in [0.2, 0.25) is 11.8 Å². The molecule has 23 heteroatoms. The highest BCUT2D eigenvalue weighted by atomic mass is 16.8. The smallest absolute Gasteiger partial charge is 0.364 e. The normalized spacial score (nSPS) is 25.5. The summed E-state index contributed by atoms with van der Waals surface area (Å²) in [6.07, 6.45) is 47.5. The zero-order valence-corrected chi connectivity index (χ0v) is 69.6. The Morgan fingerprint density at radius 3 is 1.26 bits per heavy atom. The third kappa shape index (κ3) is 45.1. The number of carbonyl (C=O) groups is 3. The van der Waals surface area contributed by atoms with Gasteiger partial charge in [0, 0.05) is 19.8 Å². The summed E-state index contributed by atoms with van der Waals surface area (Å²) in [4.78, 5) is 38.8. The molecule has 23 nitrogen and oxygen atoms in total. The van der Waals surface area contributed by atoms with Crippen molar-refractivity contribution in [3.05, 3.63) is 24.3 Å². The van der Waals surface area contributed by atoms with Crippen LogP contribution in [0, 0.1) is 0 Å². The van der Waals surface area contributed by atoms with E-state index in [9.17, 15) is 75.7 Å². The summed E-state index contributed by atoms with van der Waals surface area (Å²) in [5.41, 5.74) is 0. The summed E-state index contributed by atoms with van der Waals surface area (Å²) in [7, 11) is 0. The molecule has 111 heavy (non-hydrogen) atoms. The highest BCUT2D eigenvalue weighted by Gasteiger charge is 2.60. The summed E-state index contributed by atoms with van der Waals surface area (Å²) < 4.78 is 35.1. The largest absolute Gasteiger partial charge is 0.477 e. The van der Waals surface area contributed by atoms with Crippen molar-refractivity contribution in [2.75, 3.05) is 26.4 Å². The average molecular weight is 1590 g/mol. The maximum absolute atomic E-state index is 13.6. The molecule has 0 aromatic heterocycles. The highest BCUT2D eigenvalue weighted by molar-refractivity contribution is 5.77. The molecule has 3 saturated heterocycles. The van der Waals surface area contributed by atoms with Crippen molar-refractivity contribution in [1.82, 2.24) is 10.6 Å². The summed E-state index contributed by atoms with van der Waals surface area (Å²) in [6.45, 7) is 2.28. The molecule has 0 bridgehead atoms. The first-order chi connectivity index (χ1) is 53.9. The number of nitrogens with one attached hydrogen (secondary N) is 2. The minimum Gasteiger partial charge on any atom is -0.477 e. The molecule has 3 aliphatic heterocycles. The summed E-state index contributed by atoms with van der Waals surface area (Å²) in [6, 6.07) is -2.53. The molecule has 3 rings (SSSR count). The Labute approximate surface area is 670 Å². The van der Waals surface area contributed by atoms with Gasteiger partial charge in [-0.25, -0.2) is 4.79 Å². The fourth-order valence-corrected chi connectivity index (χ4v) is 15.8. The monoisotopic (exact) mass is 1590 g/mol. The minimum atomic E-state index is -3.08. The molecule has 3 fully saturated rings. The number of aliphatic hydroxyl groups is 11. The van der Waals surface area contributed by atoms with Gasteiger partial charge < -0.3 is 100 Å². The quantitative estimate of drug-likeness (QED) is 0.0199. The van der Waals surface area contributed by atoms with Crippen molar-refractivity contribution in [3.8, 4) is 0 Å². The van der Waals surface area contributed by atoms with Gasteiger partial charge in [-0.3, -0.25) is 9.59 Å². The number of amides is 2. The van der Waals surface area contributed by atoms with Crippen molar-refractivity contribution >= 4 is 17.8 Å². The Morgan fingerprint density at radius 1 is 0.468 bits per heavy atom. The van der Waals surface area contributed by atoms with E-state index in [0.717, 1.165) is 64.7 Å². The van der Waals surface area contributed by atoms with Gasteiger partial charge in [-0.2, -0.15) is 0 Å². The molecule has 18 unspecified atom stereocenters. The number of unbranched alkanes of at least 4 members (excludes halogenated alkanes) is 49. The van der Waals surface area contributed by atoms with Crippen molar-refractivity contribution in [2.45, 2.75) is 490 Å². The number of carbonyl (C=O) groups excluding carboxylic acids is 2. The zero-order valence-electron chi connectivity index (χ0n) is 69.6. The van der Waals surface area contributed by atoms with Gasteiger partial charge in [-0.05, 0) is 44.9 Å². The predicted molar refractivity (Wildman–Crippen MR) is 435 cm³/mol.